The van der Waals surface area contributed by atoms with Crippen molar-refractivity contribution in [2.75, 3.05) is 18.5 Å². The molecule has 0 spiro atoms. The number of benzene rings is 4. The molecular weight excluding hydrogens is 608 g/mol. The van der Waals surface area contributed by atoms with Crippen LogP contribution in [-0.4, -0.2) is 18.5 Å². The van der Waals surface area contributed by atoms with E-state index in [4.69, 9.17) is 4.74 Å². The third-order valence-corrected chi connectivity index (χ3v) is 6.87. The third-order valence-electron chi connectivity index (χ3n) is 5.88. The van der Waals surface area contributed by atoms with E-state index >= 15 is 0 Å². The van der Waals surface area contributed by atoms with Gasteiger partial charge in [0.2, 0.25) is 0 Å². The van der Waals surface area contributed by atoms with Gasteiger partial charge in [-0.15, -0.1) is 13.2 Å². The maximum atomic E-state index is 4.94. The van der Waals surface area contributed by atoms with Gasteiger partial charge in [-0.1, -0.05) is 140 Å². The number of aryl methyl sites for hydroxylation is 2. The molecule has 1 heterocycles. The van der Waals surface area contributed by atoms with Crippen molar-refractivity contribution in [3.63, 3.8) is 0 Å². The second kappa shape index (κ2) is 19.4. The fourth-order valence-electron chi connectivity index (χ4n) is 3.64. The van der Waals surface area contributed by atoms with Gasteiger partial charge in [0.1, 0.15) is 0 Å². The first-order chi connectivity index (χ1) is 19.0. The Labute approximate surface area is 252 Å². The maximum absolute atomic E-state index is 4.94. The number of alkyl halides is 1. The lowest BCUT2D eigenvalue weighted by Crippen LogP contribution is -1.82. The first-order valence-corrected chi connectivity index (χ1v) is 15.2. The Morgan fingerprint density at radius 3 is 1.28 bits per heavy atom. The molecular formula is C36H40Br2O. The lowest BCUT2D eigenvalue weighted by atomic mass is 10.0. The highest BCUT2D eigenvalue weighted by Crippen LogP contribution is 2.22. The third kappa shape index (κ3) is 13.3. The molecule has 1 nitrogen and oxygen atoms in total. The SMILES string of the molecule is C1CCOC1.C=CCBr.C=CCc1ccc(-c2ccc(C)cc2)cc1.Cc1ccc(-c2ccc(Br)cc2)cc1. The molecule has 0 unspecified atom stereocenters. The fraction of sp³-hybridized carbons (Fsp3) is 0.222. The Morgan fingerprint density at radius 2 is 0.974 bits per heavy atom. The molecule has 0 radical (unpaired) electrons. The van der Waals surface area contributed by atoms with Crippen LogP contribution < -0.4 is 0 Å². The van der Waals surface area contributed by atoms with Crippen molar-refractivity contribution in [3.8, 4) is 22.3 Å². The zero-order valence-electron chi connectivity index (χ0n) is 23.2. The Morgan fingerprint density at radius 1 is 0.615 bits per heavy atom. The molecule has 0 amide bonds. The molecule has 1 aliphatic rings. The minimum atomic E-state index is 0.896. The molecule has 3 heteroatoms. The van der Waals surface area contributed by atoms with Crippen molar-refractivity contribution in [1.82, 2.24) is 0 Å². The fourth-order valence-corrected chi connectivity index (χ4v) is 3.91. The van der Waals surface area contributed by atoms with Gasteiger partial charge in [0, 0.05) is 23.0 Å². The van der Waals surface area contributed by atoms with Gasteiger partial charge < -0.3 is 4.74 Å². The lowest BCUT2D eigenvalue weighted by Gasteiger charge is -2.03. The minimum Gasteiger partial charge on any atom is -0.381 e. The Hall–Kier alpha value is -2.72. The monoisotopic (exact) mass is 646 g/mol. The van der Waals surface area contributed by atoms with Gasteiger partial charge in [-0.05, 0) is 73.1 Å². The molecule has 0 aromatic heterocycles. The largest absolute Gasteiger partial charge is 0.381 e. The summed E-state index contributed by atoms with van der Waals surface area (Å²) in [5.41, 5.74) is 8.98. The summed E-state index contributed by atoms with van der Waals surface area (Å²) in [6, 6.07) is 34.2. The Kier molecular flexibility index (Phi) is 16.1. The van der Waals surface area contributed by atoms with Gasteiger partial charge in [-0.3, -0.25) is 0 Å². The second-order valence-electron chi connectivity index (χ2n) is 9.19. The average molecular weight is 649 g/mol. The number of ether oxygens (including phenoxy) is 1. The summed E-state index contributed by atoms with van der Waals surface area (Å²) in [5, 5.41) is 0.896. The van der Waals surface area contributed by atoms with Crippen LogP contribution in [-0.2, 0) is 11.2 Å². The Balaban J connectivity index is 0.000000210. The maximum Gasteiger partial charge on any atom is 0.0466 e. The van der Waals surface area contributed by atoms with Crippen LogP contribution >= 0.6 is 31.9 Å². The van der Waals surface area contributed by atoms with Crippen LogP contribution in [0.1, 0.15) is 29.5 Å². The van der Waals surface area contributed by atoms with E-state index in [-0.39, 0.29) is 0 Å². The summed E-state index contributed by atoms with van der Waals surface area (Å²) < 4.78 is 6.06. The predicted octanol–water partition coefficient (Wildman–Crippen LogP) is 11.2. The molecule has 39 heavy (non-hydrogen) atoms. The number of hydrogen-bond donors (Lipinski definition) is 0. The molecule has 5 rings (SSSR count). The first-order valence-electron chi connectivity index (χ1n) is 13.3. The van der Waals surface area contributed by atoms with Crippen molar-refractivity contribution >= 4 is 31.9 Å². The van der Waals surface area contributed by atoms with Gasteiger partial charge in [-0.25, -0.2) is 0 Å². The van der Waals surface area contributed by atoms with E-state index in [0.717, 1.165) is 29.4 Å². The molecule has 0 atom stereocenters. The van der Waals surface area contributed by atoms with Crippen molar-refractivity contribution in [2.24, 2.45) is 0 Å². The number of hydrogen-bond acceptors (Lipinski definition) is 1. The summed E-state index contributed by atoms with van der Waals surface area (Å²) in [7, 11) is 0. The Bertz CT molecular complexity index is 1150. The number of allylic oxidation sites excluding steroid dienone is 2. The van der Waals surface area contributed by atoms with E-state index in [1.54, 1.807) is 6.08 Å². The van der Waals surface area contributed by atoms with E-state index < -0.39 is 0 Å². The van der Waals surface area contributed by atoms with Gasteiger partial charge in [0.15, 0.2) is 0 Å². The molecule has 1 fully saturated rings. The molecule has 4 aromatic carbocycles. The van der Waals surface area contributed by atoms with Crippen LogP contribution in [0.15, 0.2) is 127 Å². The van der Waals surface area contributed by atoms with Gasteiger partial charge in [0.05, 0.1) is 0 Å². The van der Waals surface area contributed by atoms with Crippen molar-refractivity contribution in [1.29, 1.82) is 0 Å². The van der Waals surface area contributed by atoms with E-state index in [0.29, 0.717) is 0 Å². The van der Waals surface area contributed by atoms with Gasteiger partial charge in [0.25, 0.3) is 0 Å². The lowest BCUT2D eigenvalue weighted by molar-refractivity contribution is 0.198. The standard InChI is InChI=1S/C16H16.C13H11Br.C4H8O.C3H5Br/c1-3-4-14-7-11-16(12-8-14)15-9-5-13(2)6-10-15;1-10-2-4-11(5-3-10)12-6-8-13(14)9-7-12;1-2-4-5-3-1;1-2-3-4/h3,5-12H,1,4H2,2H3;2-9H,1H3;1-4H2;2H,1,3H2. The quantitative estimate of drug-likeness (QED) is 0.155. The molecule has 204 valence electrons. The van der Waals surface area contributed by atoms with Crippen LogP contribution in [0, 0.1) is 13.8 Å². The topological polar surface area (TPSA) is 9.23 Å². The van der Waals surface area contributed by atoms with Gasteiger partial charge >= 0.3 is 0 Å². The normalized spacial score (nSPS) is 11.5. The smallest absolute Gasteiger partial charge is 0.0466 e. The van der Waals surface area contributed by atoms with Crippen molar-refractivity contribution < 1.29 is 4.74 Å². The van der Waals surface area contributed by atoms with Gasteiger partial charge in [-0.2, -0.15) is 0 Å². The highest BCUT2D eigenvalue weighted by molar-refractivity contribution is 9.10. The van der Waals surface area contributed by atoms with E-state index in [1.807, 2.05) is 6.08 Å². The summed E-state index contributed by atoms with van der Waals surface area (Å²) in [5.74, 6) is 0. The summed E-state index contributed by atoms with van der Waals surface area (Å²) >= 11 is 6.56. The van der Waals surface area contributed by atoms with Crippen molar-refractivity contribution in [3.05, 3.63) is 144 Å². The van der Waals surface area contributed by atoms with E-state index in [9.17, 15) is 0 Å². The summed E-state index contributed by atoms with van der Waals surface area (Å²) in [4.78, 5) is 0. The highest BCUT2D eigenvalue weighted by Gasteiger charge is 1.98. The van der Waals surface area contributed by atoms with Crippen molar-refractivity contribution in [2.45, 2.75) is 33.1 Å². The zero-order valence-corrected chi connectivity index (χ0v) is 26.4. The molecule has 1 aliphatic heterocycles. The van der Waals surface area contributed by atoms with Crippen LogP contribution in [0.25, 0.3) is 22.3 Å². The molecule has 1 saturated heterocycles. The van der Waals surface area contributed by atoms with Crippen LogP contribution in [0.3, 0.4) is 0 Å². The number of halogens is 2. The van der Waals surface area contributed by atoms with Crippen LogP contribution in [0.5, 0.6) is 0 Å². The highest BCUT2D eigenvalue weighted by atomic mass is 79.9. The zero-order chi connectivity index (χ0) is 28.3. The summed E-state index contributed by atoms with van der Waals surface area (Å²) in [6.45, 7) is 13.4. The summed E-state index contributed by atoms with van der Waals surface area (Å²) in [6.07, 6.45) is 7.22. The average Bonchev–Trinajstić information content (AvgIpc) is 3.56. The second-order valence-corrected chi connectivity index (χ2v) is 10.8. The molecule has 4 aromatic rings. The van der Waals surface area contributed by atoms with E-state index in [1.165, 1.54) is 51.8 Å². The minimum absolute atomic E-state index is 0.896. The van der Waals surface area contributed by atoms with Crippen LogP contribution in [0.4, 0.5) is 0 Å². The van der Waals surface area contributed by atoms with E-state index in [2.05, 4.69) is 156 Å². The molecule has 0 N–H and O–H groups in total. The molecule has 0 aliphatic carbocycles. The van der Waals surface area contributed by atoms with Crippen LogP contribution in [0.2, 0.25) is 0 Å². The molecule has 0 saturated carbocycles. The first kappa shape index (κ1) is 32.5. The molecule has 0 bridgehead atoms. The number of rotatable bonds is 5. The predicted molar refractivity (Wildman–Crippen MR) is 179 cm³/mol.